The number of carbonyl (C=O) groups is 2. The molecule has 0 bridgehead atoms. The summed E-state index contributed by atoms with van der Waals surface area (Å²) < 4.78 is 0. The summed E-state index contributed by atoms with van der Waals surface area (Å²) in [6.45, 7) is 1.88. The van der Waals surface area contributed by atoms with Crippen LogP contribution in [-0.2, 0) is 9.59 Å². The van der Waals surface area contributed by atoms with E-state index >= 15 is 0 Å². The van der Waals surface area contributed by atoms with Crippen molar-refractivity contribution in [3.63, 3.8) is 0 Å². The highest BCUT2D eigenvalue weighted by molar-refractivity contribution is 8.00. The molecule has 3 rings (SSSR count). The Labute approximate surface area is 141 Å². The summed E-state index contributed by atoms with van der Waals surface area (Å²) in [7, 11) is 0. The second kappa shape index (κ2) is 7.01. The van der Waals surface area contributed by atoms with Crippen LogP contribution >= 0.6 is 23.1 Å². The highest BCUT2D eigenvalue weighted by Crippen LogP contribution is 2.18. The lowest BCUT2D eigenvalue weighted by molar-refractivity contribution is -0.118. The number of aryl methyl sites for hydroxylation is 1. The lowest BCUT2D eigenvalue weighted by Crippen LogP contribution is -2.27. The van der Waals surface area contributed by atoms with E-state index in [0.717, 1.165) is 5.69 Å². The van der Waals surface area contributed by atoms with E-state index in [4.69, 9.17) is 0 Å². The maximum absolute atomic E-state index is 11.9. The monoisotopic (exact) mass is 346 g/mol. The van der Waals surface area contributed by atoms with Gasteiger partial charge in [0.15, 0.2) is 5.13 Å². The smallest absolute Gasteiger partial charge is 0.260 e. The van der Waals surface area contributed by atoms with Crippen molar-refractivity contribution in [2.24, 2.45) is 15.9 Å². The Morgan fingerprint density at radius 3 is 3.04 bits per heavy atom. The SMILES string of the molecule is Cc1csc(NC(=O)CSCC2=NC(=O)C3C=CC=CC3=N2)n1. The minimum absolute atomic E-state index is 0.127. The molecule has 1 unspecified atom stereocenters. The number of amides is 2. The number of nitrogens with one attached hydrogen (secondary N) is 1. The molecule has 0 aromatic carbocycles. The van der Waals surface area contributed by atoms with Crippen LogP contribution in [0.2, 0.25) is 0 Å². The summed E-state index contributed by atoms with van der Waals surface area (Å²) in [5, 5.41) is 5.22. The van der Waals surface area contributed by atoms with Gasteiger partial charge in [0.05, 0.1) is 22.9 Å². The summed E-state index contributed by atoms with van der Waals surface area (Å²) in [4.78, 5) is 36.3. The molecule has 0 fully saturated rings. The van der Waals surface area contributed by atoms with Crippen molar-refractivity contribution in [1.29, 1.82) is 0 Å². The number of nitrogens with zero attached hydrogens (tertiary/aromatic N) is 3. The quantitative estimate of drug-likeness (QED) is 0.886. The second-order valence-corrected chi connectivity index (χ2v) is 6.80. The predicted octanol–water partition coefficient (Wildman–Crippen LogP) is 2.25. The number of amidine groups is 1. The van der Waals surface area contributed by atoms with Gasteiger partial charge in [-0.1, -0.05) is 18.2 Å². The van der Waals surface area contributed by atoms with E-state index in [1.165, 1.54) is 23.1 Å². The first-order valence-corrected chi connectivity index (χ1v) is 9.00. The van der Waals surface area contributed by atoms with Gasteiger partial charge in [-0.3, -0.25) is 9.59 Å². The number of thiazole rings is 1. The zero-order valence-corrected chi connectivity index (χ0v) is 14.0. The minimum atomic E-state index is -0.356. The Balaban J connectivity index is 1.50. The average Bonchev–Trinajstić information content (AvgIpc) is 2.92. The maximum atomic E-state index is 11.9. The molecule has 2 heterocycles. The van der Waals surface area contributed by atoms with E-state index < -0.39 is 0 Å². The molecule has 1 aliphatic carbocycles. The van der Waals surface area contributed by atoms with Crippen LogP contribution in [-0.4, -0.2) is 39.9 Å². The molecule has 1 aliphatic heterocycles. The fraction of sp³-hybridized carbons (Fsp3) is 0.267. The van der Waals surface area contributed by atoms with Crippen molar-refractivity contribution in [3.8, 4) is 0 Å². The summed E-state index contributed by atoms with van der Waals surface area (Å²) in [5.41, 5.74) is 1.60. The molecular formula is C15H14N4O2S2. The van der Waals surface area contributed by atoms with Crippen molar-refractivity contribution in [3.05, 3.63) is 35.4 Å². The van der Waals surface area contributed by atoms with Gasteiger partial charge in [-0.05, 0) is 13.0 Å². The molecule has 1 aromatic heterocycles. The fourth-order valence-corrected chi connectivity index (χ4v) is 3.46. The summed E-state index contributed by atoms with van der Waals surface area (Å²) in [6.07, 6.45) is 7.28. The first-order chi connectivity index (χ1) is 11.1. The van der Waals surface area contributed by atoms with Gasteiger partial charge in [0, 0.05) is 5.38 Å². The maximum Gasteiger partial charge on any atom is 0.260 e. The van der Waals surface area contributed by atoms with Crippen molar-refractivity contribution in [2.75, 3.05) is 16.8 Å². The van der Waals surface area contributed by atoms with Crippen LogP contribution < -0.4 is 5.32 Å². The highest BCUT2D eigenvalue weighted by atomic mass is 32.2. The molecule has 0 saturated heterocycles. The summed E-state index contributed by atoms with van der Waals surface area (Å²) in [6, 6.07) is 0. The third-order valence-corrected chi connectivity index (χ3v) is 4.90. The van der Waals surface area contributed by atoms with Crippen LogP contribution in [0, 0.1) is 12.8 Å². The van der Waals surface area contributed by atoms with Crippen molar-refractivity contribution in [1.82, 2.24) is 4.98 Å². The Morgan fingerprint density at radius 1 is 1.39 bits per heavy atom. The van der Waals surface area contributed by atoms with Gasteiger partial charge in [-0.15, -0.1) is 23.1 Å². The van der Waals surface area contributed by atoms with E-state index in [2.05, 4.69) is 20.3 Å². The van der Waals surface area contributed by atoms with E-state index in [9.17, 15) is 9.59 Å². The van der Waals surface area contributed by atoms with Crippen molar-refractivity contribution >= 4 is 51.6 Å². The zero-order chi connectivity index (χ0) is 16.2. The number of fused-ring (bicyclic) bond motifs is 1. The largest absolute Gasteiger partial charge is 0.301 e. The van der Waals surface area contributed by atoms with E-state index in [-0.39, 0.29) is 23.5 Å². The molecule has 1 N–H and O–H groups in total. The topological polar surface area (TPSA) is 83.8 Å². The van der Waals surface area contributed by atoms with Crippen molar-refractivity contribution < 1.29 is 9.59 Å². The molecule has 0 radical (unpaired) electrons. The zero-order valence-electron chi connectivity index (χ0n) is 12.4. The van der Waals surface area contributed by atoms with Gasteiger partial charge < -0.3 is 5.32 Å². The number of hydrogen-bond acceptors (Lipinski definition) is 6. The molecule has 6 nitrogen and oxygen atoms in total. The standard InChI is InChI=1S/C15H14N4O2S2/c1-9-6-23-15(16-9)19-13(20)8-22-7-12-17-11-5-3-2-4-10(11)14(21)18-12/h2-6,10H,7-8H2,1H3,(H,16,19,20). The van der Waals surface area contributed by atoms with Crippen LogP contribution in [0.5, 0.6) is 0 Å². The van der Waals surface area contributed by atoms with Crippen molar-refractivity contribution in [2.45, 2.75) is 6.92 Å². The Kier molecular flexibility index (Phi) is 4.82. The molecule has 0 saturated carbocycles. The molecule has 8 heteroatoms. The lowest BCUT2D eigenvalue weighted by atomic mass is 9.97. The number of allylic oxidation sites excluding steroid dienone is 3. The third-order valence-electron chi connectivity index (χ3n) is 3.09. The van der Waals surface area contributed by atoms with Gasteiger partial charge in [0.1, 0.15) is 11.8 Å². The van der Waals surface area contributed by atoms with E-state index in [1.807, 2.05) is 30.5 Å². The second-order valence-electron chi connectivity index (χ2n) is 4.96. The minimum Gasteiger partial charge on any atom is -0.301 e. The molecule has 2 aliphatic rings. The first kappa shape index (κ1) is 15.8. The molecular weight excluding hydrogens is 332 g/mol. The fourth-order valence-electron chi connectivity index (χ4n) is 2.08. The molecule has 1 atom stereocenters. The van der Waals surface area contributed by atoms with Crippen LogP contribution in [0.3, 0.4) is 0 Å². The number of anilines is 1. The number of rotatable bonds is 5. The van der Waals surface area contributed by atoms with Gasteiger partial charge in [-0.2, -0.15) is 4.99 Å². The first-order valence-electron chi connectivity index (χ1n) is 6.96. The molecule has 0 spiro atoms. The highest BCUT2D eigenvalue weighted by Gasteiger charge is 2.26. The van der Waals surface area contributed by atoms with Crippen LogP contribution in [0.4, 0.5) is 5.13 Å². The van der Waals surface area contributed by atoms with E-state index in [0.29, 0.717) is 22.4 Å². The number of thioether (sulfide) groups is 1. The summed E-state index contributed by atoms with van der Waals surface area (Å²) >= 11 is 2.76. The Bertz CT molecular complexity index is 761. The third kappa shape index (κ3) is 4.02. The lowest BCUT2D eigenvalue weighted by Gasteiger charge is -2.17. The molecule has 118 valence electrons. The Morgan fingerprint density at radius 2 is 2.26 bits per heavy atom. The Hall–Kier alpha value is -2.06. The van der Waals surface area contributed by atoms with E-state index in [1.54, 1.807) is 6.08 Å². The molecule has 2 amide bonds. The number of aromatic nitrogens is 1. The van der Waals surface area contributed by atoms with Gasteiger partial charge >= 0.3 is 0 Å². The molecule has 1 aromatic rings. The average molecular weight is 346 g/mol. The number of aliphatic imine (C=N–C) groups is 2. The number of hydrogen-bond donors (Lipinski definition) is 1. The van der Waals surface area contributed by atoms with Crippen LogP contribution in [0.15, 0.2) is 39.7 Å². The summed E-state index contributed by atoms with van der Waals surface area (Å²) in [5.74, 6) is 0.459. The molecule has 23 heavy (non-hydrogen) atoms. The van der Waals surface area contributed by atoms with Gasteiger partial charge in [-0.25, -0.2) is 9.98 Å². The van der Waals surface area contributed by atoms with Crippen LogP contribution in [0.25, 0.3) is 0 Å². The normalized spacial score (nSPS) is 19.2. The predicted molar refractivity (Wildman–Crippen MR) is 94.5 cm³/mol. The van der Waals surface area contributed by atoms with Crippen LogP contribution in [0.1, 0.15) is 5.69 Å². The van der Waals surface area contributed by atoms with Gasteiger partial charge in [0.25, 0.3) is 5.91 Å². The van der Waals surface area contributed by atoms with Gasteiger partial charge in [0.2, 0.25) is 5.91 Å². The number of carbonyl (C=O) groups excluding carboxylic acids is 2.